The molecule has 0 spiro atoms. The Morgan fingerprint density at radius 1 is 0.554 bits per heavy atom. The fourth-order valence-electron chi connectivity index (χ4n) is 5.11. The third-order valence-electron chi connectivity index (χ3n) is 7.47. The first kappa shape index (κ1) is 43.5. The van der Waals surface area contributed by atoms with Crippen LogP contribution in [0.15, 0.2) is 118 Å². The van der Waals surface area contributed by atoms with Crippen molar-refractivity contribution in [1.29, 1.82) is 0 Å². The van der Waals surface area contributed by atoms with Crippen LogP contribution in [0.2, 0.25) is 0 Å². The molecule has 0 aliphatic carbocycles. The number of anilines is 2. The molecule has 0 aromatic heterocycles. The van der Waals surface area contributed by atoms with Gasteiger partial charge < -0.3 is 31.1 Å². The van der Waals surface area contributed by atoms with Crippen molar-refractivity contribution in [3.8, 4) is 23.0 Å². The summed E-state index contributed by atoms with van der Waals surface area (Å²) in [6.07, 6.45) is 0. The van der Waals surface area contributed by atoms with Crippen molar-refractivity contribution >= 4 is 78.9 Å². The number of amides is 2. The van der Waals surface area contributed by atoms with E-state index in [9.17, 15) is 50.2 Å². The molecule has 0 atom stereocenters. The summed E-state index contributed by atoms with van der Waals surface area (Å²) in [6.45, 7) is 2.70. The van der Waals surface area contributed by atoms with Crippen LogP contribution in [0.1, 0.15) is 13.8 Å². The summed E-state index contributed by atoms with van der Waals surface area (Å²) in [5.74, 6) is -1.60. The van der Waals surface area contributed by atoms with Crippen LogP contribution < -0.4 is 29.5 Å². The zero-order chi connectivity index (χ0) is 39.1. The van der Waals surface area contributed by atoms with E-state index in [1.165, 1.54) is 26.0 Å². The molecule has 6 aromatic rings. The maximum absolute atomic E-state index is 11.5. The number of hydrogen-bond donors (Lipinski definition) is 6. The standard InChI is InChI=1S/2C18H14N4O5.Cr.Li/c2*1-10(23)19-13-4-2-3-11-5-7-16(25)18(17(11)13)21-20-14-9-12(22(26)27)6-8-15(14)24;;/h2*2-9,24-25H,1H3,(H,19,23);;/q;;;+1. The maximum atomic E-state index is 11.5. The zero-order valence-electron chi connectivity index (χ0n) is 29.6. The van der Waals surface area contributed by atoms with E-state index in [1.807, 2.05) is 0 Å². The smallest absolute Gasteiger partial charge is 0.506 e. The minimum atomic E-state index is -0.622. The number of phenolic OH excluding ortho intramolecular Hbond substituents is 4. The average molecular weight is 792 g/mol. The zero-order valence-corrected chi connectivity index (χ0v) is 30.8. The molecule has 56 heavy (non-hydrogen) atoms. The van der Waals surface area contributed by atoms with Crippen LogP contribution in [0, 0.1) is 20.2 Å². The summed E-state index contributed by atoms with van der Waals surface area (Å²) in [6, 6.07) is 23.1. The van der Waals surface area contributed by atoms with Crippen molar-refractivity contribution in [2.75, 3.05) is 10.6 Å². The molecular formula is C36H28CrLiN8O10+. The fourth-order valence-corrected chi connectivity index (χ4v) is 5.11. The Balaban J connectivity index is 0.000000290. The number of aromatic hydroxyl groups is 4. The summed E-state index contributed by atoms with van der Waals surface area (Å²) in [5, 5.41) is 85.2. The van der Waals surface area contributed by atoms with E-state index in [2.05, 4.69) is 31.1 Å². The van der Waals surface area contributed by atoms with Crippen molar-refractivity contribution < 1.29 is 76.1 Å². The second kappa shape index (κ2) is 18.9. The molecule has 0 bridgehead atoms. The number of nitrogens with one attached hydrogen (secondary N) is 2. The topological polar surface area (TPSA) is 275 Å². The molecule has 0 aliphatic rings. The van der Waals surface area contributed by atoms with Gasteiger partial charge in [0.05, 0.1) is 21.2 Å². The summed E-state index contributed by atoms with van der Waals surface area (Å²) in [7, 11) is 0. The SMILES string of the molecule is CC(=O)Nc1cccc2ccc(O)c(N=Nc3cc([N+](=O)[O-])ccc3O)c12.CC(=O)Nc1cccc2ccc(O)c(N=Nc3cc([N+](=O)[O-])ccc3O)c12.[Cr].[Li+]. The van der Waals surface area contributed by atoms with Crippen LogP contribution in [0.3, 0.4) is 0 Å². The van der Waals surface area contributed by atoms with Crippen LogP contribution in [0.4, 0.5) is 45.5 Å². The Morgan fingerprint density at radius 2 is 0.911 bits per heavy atom. The molecule has 6 N–H and O–H groups in total. The van der Waals surface area contributed by atoms with E-state index in [0.29, 0.717) is 32.9 Å². The van der Waals surface area contributed by atoms with Crippen molar-refractivity contribution in [3.63, 3.8) is 0 Å². The number of non-ortho nitro benzene ring substituents is 2. The average Bonchev–Trinajstić information content (AvgIpc) is 3.12. The van der Waals surface area contributed by atoms with E-state index in [0.717, 1.165) is 36.4 Å². The summed E-state index contributed by atoms with van der Waals surface area (Å²) >= 11 is 0. The van der Waals surface area contributed by atoms with E-state index in [4.69, 9.17) is 0 Å². The van der Waals surface area contributed by atoms with E-state index < -0.39 is 9.85 Å². The molecule has 0 aliphatic heterocycles. The number of hydrogen-bond acceptors (Lipinski definition) is 14. The number of benzene rings is 6. The second-order valence-electron chi connectivity index (χ2n) is 11.3. The Hall–Kier alpha value is -6.89. The fraction of sp³-hybridized carbons (Fsp3) is 0.0556. The first-order chi connectivity index (χ1) is 25.7. The number of nitro benzene ring substituents is 2. The number of fused-ring (bicyclic) bond motifs is 2. The molecule has 0 fully saturated rings. The quantitative estimate of drug-likeness (QED) is 0.0448. The second-order valence-corrected chi connectivity index (χ2v) is 11.3. The molecule has 6 aromatic carbocycles. The number of nitrogens with zero attached hydrogens (tertiary/aromatic N) is 6. The van der Waals surface area contributed by atoms with Crippen LogP contribution in [-0.4, -0.2) is 42.1 Å². The number of carbonyl (C=O) groups is 2. The molecule has 6 rings (SSSR count). The number of azo groups is 2. The van der Waals surface area contributed by atoms with E-state index in [-0.39, 0.29) is 105 Å². The predicted octanol–water partition coefficient (Wildman–Crippen LogP) is 6.07. The summed E-state index contributed by atoms with van der Waals surface area (Å²) in [4.78, 5) is 43.4. The largest absolute Gasteiger partial charge is 1.00 e. The number of phenols is 4. The molecule has 278 valence electrons. The van der Waals surface area contributed by atoms with Crippen molar-refractivity contribution in [1.82, 2.24) is 0 Å². The van der Waals surface area contributed by atoms with Gasteiger partial charge in [-0.3, -0.25) is 29.8 Å². The van der Waals surface area contributed by atoms with Crippen LogP contribution in [-0.2, 0) is 27.0 Å². The van der Waals surface area contributed by atoms with E-state index >= 15 is 0 Å². The molecule has 0 saturated carbocycles. The summed E-state index contributed by atoms with van der Waals surface area (Å²) in [5.41, 5.74) is 0.188. The van der Waals surface area contributed by atoms with Gasteiger partial charge in [-0.15, -0.1) is 20.5 Å². The first-order valence-electron chi connectivity index (χ1n) is 15.6. The van der Waals surface area contributed by atoms with Gasteiger partial charge >= 0.3 is 18.9 Å². The number of carbonyl (C=O) groups excluding carboxylic acids is 2. The maximum Gasteiger partial charge on any atom is 1.00 e. The third kappa shape index (κ3) is 10.2. The van der Waals surface area contributed by atoms with Crippen molar-refractivity contribution in [2.45, 2.75) is 13.8 Å². The Kier molecular flexibility index (Phi) is 14.7. The molecule has 0 saturated heterocycles. The van der Waals surface area contributed by atoms with Gasteiger partial charge in [-0.25, -0.2) is 0 Å². The number of rotatable bonds is 8. The minimum Gasteiger partial charge on any atom is -0.506 e. The molecule has 2 amide bonds. The Morgan fingerprint density at radius 3 is 1.25 bits per heavy atom. The third-order valence-corrected chi connectivity index (χ3v) is 7.47. The van der Waals surface area contributed by atoms with Gasteiger partial charge in [0.15, 0.2) is 0 Å². The molecule has 0 radical (unpaired) electrons. The predicted molar refractivity (Wildman–Crippen MR) is 198 cm³/mol. The van der Waals surface area contributed by atoms with Gasteiger partial charge in [-0.05, 0) is 47.2 Å². The van der Waals surface area contributed by atoms with Gasteiger partial charge in [-0.2, -0.15) is 0 Å². The molecule has 0 heterocycles. The monoisotopic (exact) mass is 791 g/mol. The summed E-state index contributed by atoms with van der Waals surface area (Å²) < 4.78 is 0. The van der Waals surface area contributed by atoms with E-state index in [1.54, 1.807) is 48.5 Å². The normalized spacial score (nSPS) is 10.6. The van der Waals surface area contributed by atoms with Crippen LogP contribution in [0.5, 0.6) is 23.0 Å². The van der Waals surface area contributed by atoms with Gasteiger partial charge in [-0.1, -0.05) is 36.4 Å². The van der Waals surface area contributed by atoms with Gasteiger partial charge in [0.2, 0.25) is 11.8 Å². The van der Waals surface area contributed by atoms with Crippen molar-refractivity contribution in [3.05, 3.63) is 117 Å². The number of nitro groups is 2. The van der Waals surface area contributed by atoms with Gasteiger partial charge in [0.1, 0.15) is 45.7 Å². The minimum absolute atomic E-state index is 0. The molecule has 0 unspecified atom stereocenters. The first-order valence-corrected chi connectivity index (χ1v) is 15.6. The van der Waals surface area contributed by atoms with Gasteiger partial charge in [0, 0.05) is 66.2 Å². The molecule has 18 nitrogen and oxygen atoms in total. The molecule has 20 heteroatoms. The molecular weight excluding hydrogens is 763 g/mol. The Bertz CT molecular complexity index is 2380. The Labute approximate surface area is 338 Å². The van der Waals surface area contributed by atoms with Crippen LogP contribution >= 0.6 is 0 Å². The van der Waals surface area contributed by atoms with Crippen molar-refractivity contribution in [2.24, 2.45) is 20.5 Å². The van der Waals surface area contributed by atoms with Crippen LogP contribution in [0.25, 0.3) is 21.5 Å². The van der Waals surface area contributed by atoms with Gasteiger partial charge in [0.25, 0.3) is 11.4 Å².